The summed E-state index contributed by atoms with van der Waals surface area (Å²) in [5, 5.41) is 17.1. The predicted molar refractivity (Wildman–Crippen MR) is 134 cm³/mol. The van der Waals surface area contributed by atoms with Crippen LogP contribution >= 0.6 is 24.8 Å². The second-order valence-corrected chi connectivity index (χ2v) is 6.91. The maximum atomic E-state index is 5.98. The lowest BCUT2D eigenvalue weighted by atomic mass is 10.1. The monoisotopic (exact) mass is 460 g/mol. The van der Waals surface area contributed by atoms with Gasteiger partial charge in [0.1, 0.15) is 11.4 Å². The normalized spacial score (nSPS) is 10.8. The third-order valence-electron chi connectivity index (χ3n) is 4.56. The molecule has 3 rings (SSSR count). The van der Waals surface area contributed by atoms with Crippen molar-refractivity contribution in [3.63, 3.8) is 0 Å². The topological polar surface area (TPSA) is 154 Å². The number of nitrogens with zero attached hydrogens (tertiary/aromatic N) is 4. The van der Waals surface area contributed by atoms with Crippen molar-refractivity contribution in [2.75, 3.05) is 22.9 Å². The molecule has 8 N–H and O–H groups in total. The molecule has 0 aliphatic rings. The van der Waals surface area contributed by atoms with Crippen LogP contribution in [0.3, 0.4) is 0 Å². The number of hydrogen-bond donors (Lipinski definition) is 4. The first-order chi connectivity index (χ1) is 13.7. The van der Waals surface area contributed by atoms with Gasteiger partial charge in [0.2, 0.25) is 0 Å². The van der Waals surface area contributed by atoms with E-state index in [1.54, 1.807) is 30.3 Å². The Bertz CT molecular complexity index is 1140. The second kappa shape index (κ2) is 10.6. The number of nitrogen functional groups attached to an aromatic ring is 4. The molecular formula is C21H26Cl2N8. The molecule has 0 saturated carbocycles. The number of azo groups is 2. The zero-order valence-corrected chi connectivity index (χ0v) is 19.1. The Hall–Kier alpha value is -3.36. The summed E-state index contributed by atoms with van der Waals surface area (Å²) in [5.74, 6) is 0. The minimum Gasteiger partial charge on any atom is -0.398 e. The molecule has 3 aromatic rings. The van der Waals surface area contributed by atoms with Crippen LogP contribution in [0.1, 0.15) is 16.7 Å². The SMILES string of the molecule is Cc1cc(N=Nc2ccc(C)c(N=Nc3cc(C)c(N)cc3N)c2)c(N)cc1N.Cl.Cl. The van der Waals surface area contributed by atoms with Crippen LogP contribution in [0.2, 0.25) is 0 Å². The second-order valence-electron chi connectivity index (χ2n) is 6.91. The molecule has 0 fully saturated rings. The standard InChI is InChI=1S/C21H24N8.2ClH/c1-11-4-5-14(26-28-20-6-12(2)15(22)9-17(20)24)8-19(11)27-29-21-7-13(3)16(23)10-18(21)25;;/h4-10H,22-25H2,1-3H3;2*1H. The minimum atomic E-state index is 0. The van der Waals surface area contributed by atoms with Gasteiger partial charge in [0.05, 0.1) is 22.7 Å². The quantitative estimate of drug-likeness (QED) is 0.255. The van der Waals surface area contributed by atoms with Crippen LogP contribution in [0.15, 0.2) is 62.9 Å². The summed E-state index contributed by atoms with van der Waals surface area (Å²) < 4.78 is 0. The number of hydrogen-bond acceptors (Lipinski definition) is 8. The first-order valence-electron chi connectivity index (χ1n) is 9.00. The van der Waals surface area contributed by atoms with E-state index in [0.717, 1.165) is 16.7 Å². The lowest BCUT2D eigenvalue weighted by molar-refractivity contribution is 1.18. The molecule has 0 unspecified atom stereocenters. The summed E-state index contributed by atoms with van der Waals surface area (Å²) >= 11 is 0. The molecule has 0 bridgehead atoms. The molecule has 164 valence electrons. The molecule has 0 aliphatic heterocycles. The molecular weight excluding hydrogens is 435 g/mol. The van der Waals surface area contributed by atoms with E-state index in [1.165, 1.54) is 0 Å². The van der Waals surface area contributed by atoms with E-state index in [-0.39, 0.29) is 24.8 Å². The van der Waals surface area contributed by atoms with Crippen LogP contribution in [-0.2, 0) is 0 Å². The van der Waals surface area contributed by atoms with Crippen LogP contribution in [0.5, 0.6) is 0 Å². The van der Waals surface area contributed by atoms with Crippen LogP contribution in [0.25, 0.3) is 0 Å². The third-order valence-corrected chi connectivity index (χ3v) is 4.56. The van der Waals surface area contributed by atoms with Gasteiger partial charge >= 0.3 is 0 Å². The zero-order chi connectivity index (χ0) is 21.1. The number of anilines is 4. The average Bonchev–Trinajstić information content (AvgIpc) is 2.67. The van der Waals surface area contributed by atoms with E-state index in [1.807, 2.05) is 32.9 Å². The summed E-state index contributed by atoms with van der Waals surface area (Å²) in [7, 11) is 0. The van der Waals surface area contributed by atoms with Gasteiger partial charge in [-0.3, -0.25) is 0 Å². The van der Waals surface area contributed by atoms with Crippen molar-refractivity contribution in [1.82, 2.24) is 0 Å². The van der Waals surface area contributed by atoms with Gasteiger partial charge in [0.25, 0.3) is 0 Å². The molecule has 0 aliphatic carbocycles. The first kappa shape index (κ1) is 25.7. The van der Waals surface area contributed by atoms with Crippen molar-refractivity contribution < 1.29 is 0 Å². The number of benzene rings is 3. The van der Waals surface area contributed by atoms with E-state index in [4.69, 9.17) is 22.9 Å². The summed E-state index contributed by atoms with van der Waals surface area (Å²) in [4.78, 5) is 0. The van der Waals surface area contributed by atoms with E-state index in [9.17, 15) is 0 Å². The molecule has 31 heavy (non-hydrogen) atoms. The summed E-state index contributed by atoms with van der Waals surface area (Å²) in [6, 6.07) is 12.5. The molecule has 0 aromatic heterocycles. The van der Waals surface area contributed by atoms with Crippen LogP contribution in [-0.4, -0.2) is 0 Å². The summed E-state index contributed by atoms with van der Waals surface area (Å²) in [6.45, 7) is 5.72. The van der Waals surface area contributed by atoms with Crippen molar-refractivity contribution >= 4 is 70.3 Å². The predicted octanol–water partition coefficient (Wildman–Crippen LogP) is 6.62. The lowest BCUT2D eigenvalue weighted by Gasteiger charge is -2.05. The molecule has 10 heteroatoms. The molecule has 0 heterocycles. The Morgan fingerprint density at radius 3 is 1.45 bits per heavy atom. The maximum Gasteiger partial charge on any atom is 0.109 e. The van der Waals surface area contributed by atoms with Gasteiger partial charge in [-0.2, -0.15) is 10.2 Å². The summed E-state index contributed by atoms with van der Waals surface area (Å²) in [6.07, 6.45) is 0. The largest absolute Gasteiger partial charge is 0.398 e. The highest BCUT2D eigenvalue weighted by molar-refractivity contribution is 5.85. The van der Waals surface area contributed by atoms with E-state index in [0.29, 0.717) is 45.5 Å². The van der Waals surface area contributed by atoms with Crippen molar-refractivity contribution in [2.45, 2.75) is 20.8 Å². The smallest absolute Gasteiger partial charge is 0.109 e. The highest BCUT2D eigenvalue weighted by atomic mass is 35.5. The third kappa shape index (κ3) is 6.07. The maximum absolute atomic E-state index is 5.98. The zero-order valence-electron chi connectivity index (χ0n) is 17.5. The Balaban J connectivity index is 0.00000240. The van der Waals surface area contributed by atoms with Crippen molar-refractivity contribution in [3.05, 3.63) is 59.2 Å². The Labute approximate surface area is 193 Å². The lowest BCUT2D eigenvalue weighted by Crippen LogP contribution is -1.93. The molecule has 0 saturated heterocycles. The number of halogens is 2. The van der Waals surface area contributed by atoms with Gasteiger partial charge in [0.15, 0.2) is 0 Å². The minimum absolute atomic E-state index is 0. The average molecular weight is 461 g/mol. The Morgan fingerprint density at radius 2 is 0.935 bits per heavy atom. The number of rotatable bonds is 4. The van der Waals surface area contributed by atoms with Gasteiger partial charge < -0.3 is 22.9 Å². The van der Waals surface area contributed by atoms with Crippen LogP contribution in [0.4, 0.5) is 45.5 Å². The van der Waals surface area contributed by atoms with Gasteiger partial charge in [0, 0.05) is 11.4 Å². The van der Waals surface area contributed by atoms with E-state index in [2.05, 4.69) is 20.5 Å². The highest BCUT2D eigenvalue weighted by Crippen LogP contribution is 2.33. The summed E-state index contributed by atoms with van der Waals surface area (Å²) in [5.41, 5.74) is 31.0. The fourth-order valence-electron chi connectivity index (χ4n) is 2.61. The van der Waals surface area contributed by atoms with Gasteiger partial charge in [-0.25, -0.2) is 0 Å². The van der Waals surface area contributed by atoms with Crippen molar-refractivity contribution in [1.29, 1.82) is 0 Å². The molecule has 0 radical (unpaired) electrons. The molecule has 0 atom stereocenters. The van der Waals surface area contributed by atoms with Crippen molar-refractivity contribution in [2.24, 2.45) is 20.5 Å². The fraction of sp³-hybridized carbons (Fsp3) is 0.143. The number of aryl methyl sites for hydroxylation is 3. The molecule has 3 aromatic carbocycles. The van der Waals surface area contributed by atoms with Crippen LogP contribution in [0, 0.1) is 20.8 Å². The molecule has 8 nitrogen and oxygen atoms in total. The van der Waals surface area contributed by atoms with E-state index < -0.39 is 0 Å². The van der Waals surface area contributed by atoms with Gasteiger partial charge in [-0.1, -0.05) is 6.07 Å². The highest BCUT2D eigenvalue weighted by Gasteiger charge is 2.05. The Kier molecular flexibility index (Phi) is 8.78. The van der Waals surface area contributed by atoms with Crippen molar-refractivity contribution in [3.8, 4) is 0 Å². The van der Waals surface area contributed by atoms with Gasteiger partial charge in [-0.15, -0.1) is 35.0 Å². The van der Waals surface area contributed by atoms with Crippen LogP contribution < -0.4 is 22.9 Å². The number of nitrogens with two attached hydrogens (primary N) is 4. The molecule has 0 spiro atoms. The fourth-order valence-corrected chi connectivity index (χ4v) is 2.61. The van der Waals surface area contributed by atoms with E-state index >= 15 is 0 Å². The first-order valence-corrected chi connectivity index (χ1v) is 9.00. The van der Waals surface area contributed by atoms with Gasteiger partial charge in [-0.05, 0) is 73.9 Å². The Morgan fingerprint density at radius 1 is 0.484 bits per heavy atom. The molecule has 0 amide bonds.